The lowest BCUT2D eigenvalue weighted by Gasteiger charge is -2.24. The van der Waals surface area contributed by atoms with E-state index in [1.807, 2.05) is 170 Å². The standard InChI is InChI=1S/C61H34F8N2/c62-56-55(57(63)59(65)60(66)58(56)64)54-52(70-48-29-39(35-13-5-1-6-14-35)21-25-44(48)45-26-22-40(30-49(45)70)36-15-7-2-8-16-36)33-43(61(67,68)69)34-53(54)71-50-31-41(37-17-9-3-10-18-37)23-27-46(50)47-28-24-42(32-51(47)71)38-19-11-4-12-20-38/h1-34H. The summed E-state index contributed by atoms with van der Waals surface area (Å²) in [6.45, 7) is 0. The van der Waals surface area contributed by atoms with Gasteiger partial charge in [0.25, 0.3) is 0 Å². The maximum absolute atomic E-state index is 17.1. The van der Waals surface area contributed by atoms with Crippen LogP contribution in [0.2, 0.25) is 0 Å². The Balaban J connectivity index is 1.31. The van der Waals surface area contributed by atoms with E-state index in [0.717, 1.165) is 34.4 Å². The van der Waals surface area contributed by atoms with Crippen LogP contribution in [0, 0.1) is 29.1 Å². The zero-order chi connectivity index (χ0) is 48.7. The third kappa shape index (κ3) is 7.16. The molecule has 10 heteroatoms. The number of benzene rings is 10. The number of hydrogen-bond donors (Lipinski definition) is 0. The zero-order valence-corrected chi connectivity index (χ0v) is 37.0. The molecule has 2 aromatic heterocycles. The molecule has 71 heavy (non-hydrogen) atoms. The van der Waals surface area contributed by atoms with E-state index >= 15 is 35.1 Å². The van der Waals surface area contributed by atoms with E-state index in [-0.39, 0.29) is 0 Å². The first kappa shape index (κ1) is 43.5. The van der Waals surface area contributed by atoms with Crippen LogP contribution < -0.4 is 0 Å². The normalized spacial score (nSPS) is 11.9. The molecule has 0 spiro atoms. The van der Waals surface area contributed by atoms with Crippen LogP contribution in [-0.4, -0.2) is 9.13 Å². The molecule has 0 aliphatic carbocycles. The Labute approximate surface area is 400 Å². The molecule has 0 unspecified atom stereocenters. The van der Waals surface area contributed by atoms with Gasteiger partial charge < -0.3 is 9.13 Å². The van der Waals surface area contributed by atoms with Crippen LogP contribution in [0.3, 0.4) is 0 Å². The van der Waals surface area contributed by atoms with Crippen molar-refractivity contribution in [3.8, 4) is 67.0 Å². The highest BCUT2D eigenvalue weighted by atomic mass is 19.4. The van der Waals surface area contributed by atoms with Crippen molar-refractivity contribution in [2.24, 2.45) is 0 Å². The molecule has 10 aromatic carbocycles. The minimum atomic E-state index is -5.11. The van der Waals surface area contributed by atoms with Crippen LogP contribution in [0.25, 0.3) is 111 Å². The van der Waals surface area contributed by atoms with Gasteiger partial charge in [-0.05, 0) is 80.9 Å². The number of fused-ring (bicyclic) bond motifs is 6. The van der Waals surface area contributed by atoms with Gasteiger partial charge in [-0.25, -0.2) is 22.0 Å². The van der Waals surface area contributed by atoms with Crippen LogP contribution in [-0.2, 0) is 6.18 Å². The van der Waals surface area contributed by atoms with Gasteiger partial charge in [-0.3, -0.25) is 0 Å². The minimum Gasteiger partial charge on any atom is -0.308 e. The third-order valence-electron chi connectivity index (χ3n) is 13.3. The molecule has 0 saturated carbocycles. The SMILES string of the molecule is Fc1c(F)c(F)c(-c2c(-n3c4cc(-c5ccccc5)ccc4c4ccc(-c5ccccc5)cc43)cc(C(F)(F)F)cc2-n2c3cc(-c4ccccc4)ccc3c3ccc(-c4ccccc4)cc32)c(F)c1F. The van der Waals surface area contributed by atoms with E-state index in [1.54, 1.807) is 24.3 Å². The van der Waals surface area contributed by atoms with Crippen molar-refractivity contribution in [3.05, 3.63) is 241 Å². The maximum Gasteiger partial charge on any atom is 0.416 e. The van der Waals surface area contributed by atoms with Crippen LogP contribution in [0.1, 0.15) is 5.56 Å². The summed E-state index contributed by atoms with van der Waals surface area (Å²) in [5, 5.41) is 2.22. The average Bonchev–Trinajstić information content (AvgIpc) is 3.91. The van der Waals surface area contributed by atoms with Crippen molar-refractivity contribution in [1.82, 2.24) is 9.13 Å². The molecule has 0 bridgehead atoms. The smallest absolute Gasteiger partial charge is 0.308 e. The van der Waals surface area contributed by atoms with Gasteiger partial charge in [-0.15, -0.1) is 0 Å². The summed E-state index contributed by atoms with van der Waals surface area (Å²) < 4.78 is 132. The molecule has 0 aliphatic heterocycles. The first-order chi connectivity index (χ1) is 34.4. The topological polar surface area (TPSA) is 9.86 Å². The van der Waals surface area contributed by atoms with E-state index in [2.05, 4.69) is 0 Å². The lowest BCUT2D eigenvalue weighted by molar-refractivity contribution is -0.137. The predicted molar refractivity (Wildman–Crippen MR) is 267 cm³/mol. The fourth-order valence-corrected chi connectivity index (χ4v) is 10.0. The summed E-state index contributed by atoms with van der Waals surface area (Å²) in [7, 11) is 0. The zero-order valence-electron chi connectivity index (χ0n) is 37.0. The summed E-state index contributed by atoms with van der Waals surface area (Å²) >= 11 is 0. The Morgan fingerprint density at radius 3 is 0.803 bits per heavy atom. The molecule has 0 saturated heterocycles. The van der Waals surface area contributed by atoms with Gasteiger partial charge >= 0.3 is 6.18 Å². The lowest BCUT2D eigenvalue weighted by atomic mass is 9.95. The van der Waals surface area contributed by atoms with E-state index in [0.29, 0.717) is 65.9 Å². The molecular weight excluding hydrogens is 913 g/mol. The summed E-state index contributed by atoms with van der Waals surface area (Å²) in [6.07, 6.45) is -5.11. The summed E-state index contributed by atoms with van der Waals surface area (Å²) in [4.78, 5) is 0. The molecular formula is C61H34F8N2. The summed E-state index contributed by atoms with van der Waals surface area (Å²) in [5.74, 6) is -11.3. The van der Waals surface area contributed by atoms with Crippen molar-refractivity contribution in [3.63, 3.8) is 0 Å². The molecule has 0 radical (unpaired) electrons. The number of halogens is 8. The first-order valence-electron chi connectivity index (χ1n) is 22.6. The van der Waals surface area contributed by atoms with Gasteiger partial charge in [0.15, 0.2) is 23.3 Å². The molecule has 0 atom stereocenters. The third-order valence-corrected chi connectivity index (χ3v) is 13.3. The van der Waals surface area contributed by atoms with Crippen LogP contribution in [0.4, 0.5) is 35.1 Å². The van der Waals surface area contributed by atoms with Gasteiger partial charge in [0, 0.05) is 27.1 Å². The number of hydrogen-bond acceptors (Lipinski definition) is 0. The quantitative estimate of drug-likeness (QED) is 0.0856. The summed E-state index contributed by atoms with van der Waals surface area (Å²) in [6, 6.07) is 60.1. The van der Waals surface area contributed by atoms with E-state index < -0.39 is 63.3 Å². The molecule has 12 aromatic rings. The monoisotopic (exact) mass is 946 g/mol. The van der Waals surface area contributed by atoms with Crippen molar-refractivity contribution in [1.29, 1.82) is 0 Å². The number of nitrogens with zero attached hydrogens (tertiary/aromatic N) is 2. The number of alkyl halides is 3. The Bertz CT molecular complexity index is 3620. The molecule has 344 valence electrons. The second-order valence-corrected chi connectivity index (χ2v) is 17.4. The molecule has 0 aliphatic rings. The molecule has 2 nitrogen and oxygen atoms in total. The second kappa shape index (κ2) is 16.7. The largest absolute Gasteiger partial charge is 0.416 e. The summed E-state index contributed by atoms with van der Waals surface area (Å²) in [5.41, 5.74) is 2.59. The molecule has 2 heterocycles. The van der Waals surface area contributed by atoms with Crippen molar-refractivity contribution < 1.29 is 35.1 Å². The highest BCUT2D eigenvalue weighted by Gasteiger charge is 2.37. The Hall–Kier alpha value is -8.76. The van der Waals surface area contributed by atoms with Crippen molar-refractivity contribution in [2.45, 2.75) is 6.18 Å². The number of aromatic nitrogens is 2. The fraction of sp³-hybridized carbons (Fsp3) is 0.0164. The van der Waals surface area contributed by atoms with Crippen molar-refractivity contribution >= 4 is 43.6 Å². The Morgan fingerprint density at radius 2 is 0.535 bits per heavy atom. The Kier molecular flexibility index (Phi) is 10.3. The maximum atomic E-state index is 17.1. The molecule has 0 amide bonds. The van der Waals surface area contributed by atoms with Gasteiger partial charge in [-0.1, -0.05) is 170 Å². The Morgan fingerprint density at radius 1 is 0.268 bits per heavy atom. The highest BCUT2D eigenvalue weighted by molar-refractivity contribution is 6.14. The average molecular weight is 947 g/mol. The van der Waals surface area contributed by atoms with Gasteiger partial charge in [-0.2, -0.15) is 13.2 Å². The molecule has 0 N–H and O–H groups in total. The number of rotatable bonds is 7. The fourth-order valence-electron chi connectivity index (χ4n) is 10.0. The minimum absolute atomic E-state index is 0.307. The highest BCUT2D eigenvalue weighted by Crippen LogP contribution is 2.49. The van der Waals surface area contributed by atoms with Crippen LogP contribution >= 0.6 is 0 Å². The molecule has 0 fully saturated rings. The van der Waals surface area contributed by atoms with E-state index in [9.17, 15) is 0 Å². The van der Waals surface area contributed by atoms with Gasteiger partial charge in [0.2, 0.25) is 5.82 Å². The van der Waals surface area contributed by atoms with Crippen molar-refractivity contribution in [2.75, 3.05) is 0 Å². The van der Waals surface area contributed by atoms with Gasteiger partial charge in [0.05, 0.1) is 44.6 Å². The van der Waals surface area contributed by atoms with E-state index in [4.69, 9.17) is 0 Å². The van der Waals surface area contributed by atoms with Crippen LogP contribution in [0.15, 0.2) is 206 Å². The first-order valence-corrected chi connectivity index (χ1v) is 22.6. The van der Waals surface area contributed by atoms with Crippen LogP contribution in [0.5, 0.6) is 0 Å². The second-order valence-electron chi connectivity index (χ2n) is 17.4. The van der Waals surface area contributed by atoms with Gasteiger partial charge in [0.1, 0.15) is 0 Å². The molecule has 12 rings (SSSR count). The predicted octanol–water partition coefficient (Wildman–Crippen LogP) is 17.9. The van der Waals surface area contributed by atoms with E-state index in [1.165, 1.54) is 9.13 Å². The lowest BCUT2D eigenvalue weighted by Crippen LogP contribution is -2.13.